The third-order valence-corrected chi connectivity index (χ3v) is 4.42. The lowest BCUT2D eigenvalue weighted by Crippen LogP contribution is -2.48. The predicted octanol–water partition coefficient (Wildman–Crippen LogP) is 0.932. The Morgan fingerprint density at radius 1 is 1.29 bits per heavy atom. The molecule has 21 heavy (non-hydrogen) atoms. The third kappa shape index (κ3) is 3.34. The zero-order chi connectivity index (χ0) is 15.5. The molecule has 2 aliphatic heterocycles. The van der Waals surface area contributed by atoms with E-state index in [2.05, 4.69) is 0 Å². The number of cyclic esters (lactones) is 1. The van der Waals surface area contributed by atoms with Crippen LogP contribution in [0, 0.1) is 5.41 Å². The molecule has 2 heterocycles. The molecule has 118 valence electrons. The lowest BCUT2D eigenvalue weighted by Gasteiger charge is -2.38. The molecule has 2 rings (SSSR count). The fourth-order valence-corrected chi connectivity index (χ4v) is 3.09. The van der Waals surface area contributed by atoms with Crippen molar-refractivity contribution in [3.63, 3.8) is 0 Å². The molecule has 2 fully saturated rings. The number of likely N-dealkylation sites (tertiary alicyclic amines) is 1. The van der Waals surface area contributed by atoms with Crippen molar-refractivity contribution < 1.29 is 24.2 Å². The lowest BCUT2D eigenvalue weighted by atomic mass is 9.75. The van der Waals surface area contributed by atoms with Crippen molar-refractivity contribution in [2.24, 2.45) is 5.41 Å². The molecule has 7 heteroatoms. The number of carboxylic acid groups (broad SMARTS) is 1. The number of piperidine rings is 1. The number of hydrogen-bond acceptors (Lipinski definition) is 5. The first-order valence-electron chi connectivity index (χ1n) is 7.41. The first-order valence-corrected chi connectivity index (χ1v) is 7.41. The van der Waals surface area contributed by atoms with Crippen molar-refractivity contribution in [3.05, 3.63) is 0 Å². The van der Waals surface area contributed by atoms with E-state index in [1.165, 1.54) is 0 Å². The van der Waals surface area contributed by atoms with Crippen molar-refractivity contribution in [2.45, 2.75) is 32.6 Å². The van der Waals surface area contributed by atoms with E-state index in [-0.39, 0.29) is 19.1 Å². The molecule has 0 aromatic rings. The molecular formula is C14H22N2O5. The van der Waals surface area contributed by atoms with Gasteiger partial charge in [-0.05, 0) is 32.4 Å². The standard InChI is InChI=1S/C14H22N2O5/c1-2-3-14(12(18)19)4-6-15(7-5-14)10-11(17)16-8-9-21-13(16)20/h2-10H2,1H3,(H,18,19). The van der Waals surface area contributed by atoms with Crippen LogP contribution in [-0.4, -0.2) is 65.7 Å². The Morgan fingerprint density at radius 3 is 2.43 bits per heavy atom. The van der Waals surface area contributed by atoms with Crippen LogP contribution in [0.3, 0.4) is 0 Å². The number of carbonyl (C=O) groups is 3. The van der Waals surface area contributed by atoms with Crippen LogP contribution >= 0.6 is 0 Å². The fraction of sp³-hybridized carbons (Fsp3) is 0.786. The monoisotopic (exact) mass is 298 g/mol. The van der Waals surface area contributed by atoms with Crippen LogP contribution in [0.15, 0.2) is 0 Å². The maximum atomic E-state index is 12.0. The van der Waals surface area contributed by atoms with Gasteiger partial charge in [0.15, 0.2) is 0 Å². The molecule has 0 aliphatic carbocycles. The summed E-state index contributed by atoms with van der Waals surface area (Å²) in [7, 11) is 0. The number of hydrogen-bond donors (Lipinski definition) is 1. The van der Waals surface area contributed by atoms with Gasteiger partial charge in [0.05, 0.1) is 18.5 Å². The summed E-state index contributed by atoms with van der Waals surface area (Å²) in [5.74, 6) is -1.01. The Kier molecular flexibility index (Phi) is 4.82. The summed E-state index contributed by atoms with van der Waals surface area (Å²) in [5.41, 5.74) is -0.652. The van der Waals surface area contributed by atoms with Gasteiger partial charge < -0.3 is 9.84 Å². The highest BCUT2D eigenvalue weighted by molar-refractivity contribution is 5.94. The lowest BCUT2D eigenvalue weighted by molar-refractivity contribution is -0.152. The number of carboxylic acids is 1. The summed E-state index contributed by atoms with van der Waals surface area (Å²) < 4.78 is 4.74. The maximum Gasteiger partial charge on any atom is 0.416 e. The number of carbonyl (C=O) groups excluding carboxylic acids is 2. The second-order valence-electron chi connectivity index (χ2n) is 5.77. The first-order chi connectivity index (χ1) is 9.98. The summed E-state index contributed by atoms with van der Waals surface area (Å²) in [4.78, 5) is 37.9. The molecule has 0 spiro atoms. The normalized spacial score (nSPS) is 22.1. The van der Waals surface area contributed by atoms with E-state index < -0.39 is 17.5 Å². The van der Waals surface area contributed by atoms with Crippen LogP contribution in [0.25, 0.3) is 0 Å². The minimum Gasteiger partial charge on any atom is -0.481 e. The maximum absolute atomic E-state index is 12.0. The second-order valence-corrected chi connectivity index (χ2v) is 5.77. The van der Waals surface area contributed by atoms with Gasteiger partial charge in [0, 0.05) is 0 Å². The zero-order valence-corrected chi connectivity index (χ0v) is 12.3. The zero-order valence-electron chi connectivity index (χ0n) is 12.3. The smallest absolute Gasteiger partial charge is 0.416 e. The average Bonchev–Trinajstić information content (AvgIpc) is 2.87. The van der Waals surface area contributed by atoms with Crippen LogP contribution in [0.1, 0.15) is 32.6 Å². The van der Waals surface area contributed by atoms with Gasteiger partial charge in [-0.2, -0.15) is 0 Å². The van der Waals surface area contributed by atoms with Crippen LogP contribution < -0.4 is 0 Å². The Morgan fingerprint density at radius 2 is 1.95 bits per heavy atom. The molecule has 2 aliphatic rings. The third-order valence-electron chi connectivity index (χ3n) is 4.42. The average molecular weight is 298 g/mol. The van der Waals surface area contributed by atoms with Crippen molar-refractivity contribution in [1.82, 2.24) is 9.80 Å². The minimum absolute atomic E-state index is 0.150. The Labute approximate surface area is 123 Å². The quantitative estimate of drug-likeness (QED) is 0.812. The Balaban J connectivity index is 1.87. The Bertz CT molecular complexity index is 429. The first kappa shape index (κ1) is 15.8. The number of rotatable bonds is 5. The fourth-order valence-electron chi connectivity index (χ4n) is 3.09. The van der Waals surface area contributed by atoms with E-state index >= 15 is 0 Å². The van der Waals surface area contributed by atoms with E-state index in [0.717, 1.165) is 11.3 Å². The number of amides is 2. The number of ether oxygens (including phenoxy) is 1. The molecule has 0 aromatic carbocycles. The summed E-state index contributed by atoms with van der Waals surface area (Å²) in [5, 5.41) is 9.44. The molecule has 1 N–H and O–H groups in total. The van der Waals surface area contributed by atoms with Gasteiger partial charge >= 0.3 is 12.1 Å². The molecule has 0 unspecified atom stereocenters. The highest BCUT2D eigenvalue weighted by Crippen LogP contribution is 2.36. The summed E-state index contributed by atoms with van der Waals surface area (Å²) in [6.07, 6.45) is 2.03. The van der Waals surface area contributed by atoms with E-state index in [1.807, 2.05) is 11.8 Å². The topological polar surface area (TPSA) is 87.2 Å². The van der Waals surface area contributed by atoms with Crippen molar-refractivity contribution in [3.8, 4) is 0 Å². The van der Waals surface area contributed by atoms with Crippen LogP contribution in [0.4, 0.5) is 4.79 Å². The van der Waals surface area contributed by atoms with Gasteiger partial charge in [-0.25, -0.2) is 9.69 Å². The molecule has 0 radical (unpaired) electrons. The van der Waals surface area contributed by atoms with Crippen molar-refractivity contribution >= 4 is 18.0 Å². The molecule has 0 atom stereocenters. The molecule has 0 bridgehead atoms. The van der Waals surface area contributed by atoms with E-state index in [1.54, 1.807) is 0 Å². The van der Waals surface area contributed by atoms with E-state index in [0.29, 0.717) is 38.9 Å². The van der Waals surface area contributed by atoms with Gasteiger partial charge in [0.25, 0.3) is 0 Å². The van der Waals surface area contributed by atoms with Crippen LogP contribution in [0.2, 0.25) is 0 Å². The molecule has 2 amide bonds. The second kappa shape index (κ2) is 6.43. The molecule has 2 saturated heterocycles. The van der Waals surface area contributed by atoms with Gasteiger partial charge in [0.1, 0.15) is 6.61 Å². The number of nitrogens with zero attached hydrogens (tertiary/aromatic N) is 2. The largest absolute Gasteiger partial charge is 0.481 e. The van der Waals surface area contributed by atoms with Gasteiger partial charge in [0.2, 0.25) is 5.91 Å². The SMILES string of the molecule is CCCC1(C(=O)O)CCN(CC(=O)N2CCOC2=O)CC1. The van der Waals surface area contributed by atoms with Crippen LogP contribution in [-0.2, 0) is 14.3 Å². The highest BCUT2D eigenvalue weighted by atomic mass is 16.6. The summed E-state index contributed by atoms with van der Waals surface area (Å²) in [6.45, 7) is 3.84. The molecule has 7 nitrogen and oxygen atoms in total. The van der Waals surface area contributed by atoms with E-state index in [9.17, 15) is 19.5 Å². The molecular weight excluding hydrogens is 276 g/mol. The van der Waals surface area contributed by atoms with Gasteiger partial charge in [-0.3, -0.25) is 14.5 Å². The summed E-state index contributed by atoms with van der Waals surface area (Å²) >= 11 is 0. The summed E-state index contributed by atoms with van der Waals surface area (Å²) in [6, 6.07) is 0. The van der Waals surface area contributed by atoms with E-state index in [4.69, 9.17) is 4.74 Å². The molecule has 0 aromatic heterocycles. The van der Waals surface area contributed by atoms with Crippen molar-refractivity contribution in [1.29, 1.82) is 0 Å². The van der Waals surface area contributed by atoms with Gasteiger partial charge in [-0.15, -0.1) is 0 Å². The highest BCUT2D eigenvalue weighted by Gasteiger charge is 2.41. The minimum atomic E-state index is -0.738. The predicted molar refractivity (Wildman–Crippen MR) is 73.7 cm³/mol. The Hall–Kier alpha value is -1.63. The number of aliphatic carboxylic acids is 1. The van der Waals surface area contributed by atoms with Crippen LogP contribution in [0.5, 0.6) is 0 Å². The van der Waals surface area contributed by atoms with Crippen molar-refractivity contribution in [2.75, 3.05) is 32.8 Å². The molecule has 0 saturated carbocycles. The number of imide groups is 1. The van der Waals surface area contributed by atoms with Gasteiger partial charge in [-0.1, -0.05) is 13.3 Å².